The fourth-order valence-corrected chi connectivity index (χ4v) is 10.7. The first-order valence-electron chi connectivity index (χ1n) is 16.5. The Hall–Kier alpha value is -4.27. The van der Waals surface area contributed by atoms with Crippen LogP contribution >= 0.6 is 11.8 Å². The maximum Gasteiger partial charge on any atom is 0.0541 e. The van der Waals surface area contributed by atoms with Crippen LogP contribution in [0.4, 0.5) is 0 Å². The van der Waals surface area contributed by atoms with E-state index in [1.165, 1.54) is 86.6 Å². The van der Waals surface area contributed by atoms with E-state index in [0.29, 0.717) is 16.6 Å². The minimum absolute atomic E-state index is 0.446. The van der Waals surface area contributed by atoms with Gasteiger partial charge in [-0.25, -0.2) is 0 Å². The van der Waals surface area contributed by atoms with E-state index in [1.54, 1.807) is 0 Å². The number of thioether (sulfide) groups is 1. The van der Waals surface area contributed by atoms with Crippen molar-refractivity contribution >= 4 is 39.1 Å². The number of hydrogen-bond donors (Lipinski definition) is 0. The summed E-state index contributed by atoms with van der Waals surface area (Å²) in [6, 6.07) is 44.8. The molecule has 45 heavy (non-hydrogen) atoms. The van der Waals surface area contributed by atoms with Crippen LogP contribution in [0.25, 0.3) is 55.3 Å². The number of allylic oxidation sites excluding steroid dienone is 3. The van der Waals surface area contributed by atoms with Crippen molar-refractivity contribution in [2.24, 2.45) is 11.3 Å². The molecule has 1 aromatic heterocycles. The minimum atomic E-state index is 0.446. The van der Waals surface area contributed by atoms with Crippen molar-refractivity contribution in [3.63, 3.8) is 0 Å². The molecule has 0 bridgehead atoms. The zero-order valence-corrected chi connectivity index (χ0v) is 26.5. The normalized spacial score (nSPS) is 24.0. The molecule has 2 heterocycles. The molecule has 0 spiro atoms. The Kier molecular flexibility index (Phi) is 6.42. The number of aromatic nitrogens is 1. The molecule has 2 aliphatic carbocycles. The first-order chi connectivity index (χ1) is 22.2. The van der Waals surface area contributed by atoms with Crippen LogP contribution in [-0.4, -0.2) is 15.1 Å². The summed E-state index contributed by atoms with van der Waals surface area (Å²) in [5.74, 6) is 0.654. The quantitative estimate of drug-likeness (QED) is 0.195. The molecule has 0 amide bonds. The maximum atomic E-state index is 2.57. The molecule has 1 aliphatic heterocycles. The Morgan fingerprint density at radius 1 is 0.644 bits per heavy atom. The number of hydrogen-bond acceptors (Lipinski definition) is 1. The summed E-state index contributed by atoms with van der Waals surface area (Å²) in [5, 5.41) is 3.96. The second kappa shape index (κ2) is 10.7. The van der Waals surface area contributed by atoms with Gasteiger partial charge in [0.15, 0.2) is 0 Å². The summed E-state index contributed by atoms with van der Waals surface area (Å²) in [6.07, 6.45) is 12.8. The molecule has 2 heteroatoms. The molecule has 2 fully saturated rings. The van der Waals surface area contributed by atoms with Gasteiger partial charge in [0, 0.05) is 27.0 Å². The monoisotopic (exact) mass is 599 g/mol. The van der Waals surface area contributed by atoms with Gasteiger partial charge in [-0.2, -0.15) is 0 Å². The number of para-hydroxylation sites is 1. The summed E-state index contributed by atoms with van der Waals surface area (Å²) >= 11 is 2.26. The lowest BCUT2D eigenvalue weighted by atomic mass is 9.64. The van der Waals surface area contributed by atoms with Gasteiger partial charge in [0.1, 0.15) is 0 Å². The first-order valence-corrected chi connectivity index (χ1v) is 17.5. The van der Waals surface area contributed by atoms with Gasteiger partial charge in [-0.15, -0.1) is 11.8 Å². The van der Waals surface area contributed by atoms with E-state index in [2.05, 4.69) is 163 Å². The molecule has 5 aromatic carbocycles. The first kappa shape index (κ1) is 27.1. The second-order valence-electron chi connectivity index (χ2n) is 13.4. The fourth-order valence-electron chi connectivity index (χ4n) is 8.48. The van der Waals surface area contributed by atoms with Crippen LogP contribution in [-0.2, 0) is 0 Å². The van der Waals surface area contributed by atoms with E-state index in [-0.39, 0.29) is 0 Å². The molecule has 3 aliphatic rings. The lowest BCUT2D eigenvalue weighted by molar-refractivity contribution is 0.181. The van der Waals surface area contributed by atoms with E-state index in [4.69, 9.17) is 0 Å². The van der Waals surface area contributed by atoms with Crippen LogP contribution in [0.2, 0.25) is 0 Å². The van der Waals surface area contributed by atoms with Crippen LogP contribution in [0.5, 0.6) is 0 Å². The largest absolute Gasteiger partial charge is 0.309 e. The number of fused-ring (bicyclic) bond motifs is 6. The van der Waals surface area contributed by atoms with Crippen LogP contribution < -0.4 is 0 Å². The highest BCUT2D eigenvalue weighted by Crippen LogP contribution is 2.62. The van der Waals surface area contributed by atoms with E-state index < -0.39 is 0 Å². The summed E-state index contributed by atoms with van der Waals surface area (Å²) in [6.45, 7) is 2.57. The van der Waals surface area contributed by atoms with Gasteiger partial charge in [0.05, 0.1) is 11.0 Å². The summed E-state index contributed by atoms with van der Waals surface area (Å²) < 4.78 is 2.41. The molecular formula is C43H37NS. The third kappa shape index (κ3) is 4.37. The average molecular weight is 600 g/mol. The van der Waals surface area contributed by atoms with Crippen molar-refractivity contribution in [1.82, 2.24) is 4.57 Å². The molecule has 0 N–H and O–H groups in total. The van der Waals surface area contributed by atoms with E-state index >= 15 is 0 Å². The van der Waals surface area contributed by atoms with Gasteiger partial charge >= 0.3 is 0 Å². The Bertz CT molecular complexity index is 2100. The second-order valence-corrected chi connectivity index (χ2v) is 14.8. The fraction of sp³-hybridized carbons (Fsp3) is 0.209. The zero-order chi connectivity index (χ0) is 30.0. The van der Waals surface area contributed by atoms with Crippen LogP contribution in [0, 0.1) is 11.3 Å². The molecular weight excluding hydrogens is 563 g/mol. The van der Waals surface area contributed by atoms with Crippen molar-refractivity contribution < 1.29 is 0 Å². The highest BCUT2D eigenvalue weighted by Gasteiger charge is 2.53. The van der Waals surface area contributed by atoms with Crippen LogP contribution in [0.3, 0.4) is 0 Å². The molecule has 3 unspecified atom stereocenters. The van der Waals surface area contributed by atoms with Crippen molar-refractivity contribution in [3.8, 4) is 27.9 Å². The predicted molar refractivity (Wildman–Crippen MR) is 194 cm³/mol. The Morgan fingerprint density at radius 2 is 1.31 bits per heavy atom. The van der Waals surface area contributed by atoms with Crippen molar-refractivity contribution in [3.05, 3.63) is 145 Å². The van der Waals surface area contributed by atoms with Gasteiger partial charge in [-0.1, -0.05) is 129 Å². The highest BCUT2D eigenvalue weighted by atomic mass is 32.2. The third-order valence-electron chi connectivity index (χ3n) is 10.9. The summed E-state index contributed by atoms with van der Waals surface area (Å²) in [4.78, 5) is 0. The molecule has 1 nitrogen and oxygen atoms in total. The van der Waals surface area contributed by atoms with Crippen molar-refractivity contribution in [2.75, 3.05) is 0 Å². The van der Waals surface area contributed by atoms with E-state index in [0.717, 1.165) is 5.25 Å². The molecule has 1 saturated carbocycles. The molecule has 6 aromatic rings. The Balaban J connectivity index is 1.06. The Labute approximate surface area is 270 Å². The van der Waals surface area contributed by atoms with E-state index in [1.807, 2.05) is 0 Å². The van der Waals surface area contributed by atoms with Crippen molar-refractivity contribution in [1.29, 1.82) is 0 Å². The maximum absolute atomic E-state index is 2.57. The standard InChI is InChI=1S/C43H37NS/c1-43-27-8-7-16-41(43)45-42-35(13-9-14-38(42)43)32-19-17-31(18-20-32)33-23-26-40-37(28-33)36-12-5-6-15-39(36)44(40)34-24-21-30(22-25-34)29-10-3-2-4-11-29/h2-6,9-15,17-26,28,38,41-42H,7-8,16,27H2,1H3/t38?,41?,42-,43?/m1/s1. The van der Waals surface area contributed by atoms with Gasteiger partial charge in [0.25, 0.3) is 0 Å². The predicted octanol–water partition coefficient (Wildman–Crippen LogP) is 11.8. The van der Waals surface area contributed by atoms with Gasteiger partial charge in [-0.3, -0.25) is 0 Å². The summed E-state index contributed by atoms with van der Waals surface area (Å²) in [7, 11) is 0. The number of rotatable bonds is 4. The topological polar surface area (TPSA) is 4.93 Å². The number of nitrogens with zero attached hydrogens (tertiary/aromatic N) is 1. The van der Waals surface area contributed by atoms with Gasteiger partial charge in [-0.05, 0) is 87.9 Å². The third-order valence-corrected chi connectivity index (χ3v) is 12.9. The lowest BCUT2D eigenvalue weighted by Gasteiger charge is -2.40. The zero-order valence-electron chi connectivity index (χ0n) is 25.7. The average Bonchev–Trinajstić information content (AvgIpc) is 3.60. The van der Waals surface area contributed by atoms with Crippen LogP contribution in [0.1, 0.15) is 38.2 Å². The molecule has 9 rings (SSSR count). The SMILES string of the molecule is CC12CCCCC1S[C@@H]1C(c3ccc(-c4ccc5c(c4)c4ccccc4n5-c4ccc(-c5ccccc5)cc4)cc3)=CC=CC12. The minimum Gasteiger partial charge on any atom is -0.309 e. The smallest absolute Gasteiger partial charge is 0.0541 e. The van der Waals surface area contributed by atoms with Crippen LogP contribution in [0.15, 0.2) is 140 Å². The van der Waals surface area contributed by atoms with E-state index in [9.17, 15) is 0 Å². The van der Waals surface area contributed by atoms with Crippen molar-refractivity contribution in [2.45, 2.75) is 43.1 Å². The van der Waals surface area contributed by atoms with Gasteiger partial charge < -0.3 is 4.57 Å². The molecule has 220 valence electrons. The molecule has 0 radical (unpaired) electrons. The lowest BCUT2D eigenvalue weighted by Crippen LogP contribution is -2.36. The Morgan fingerprint density at radius 3 is 2.16 bits per heavy atom. The molecule has 1 saturated heterocycles. The molecule has 4 atom stereocenters. The number of benzene rings is 5. The van der Waals surface area contributed by atoms with Gasteiger partial charge in [0.2, 0.25) is 0 Å². The highest BCUT2D eigenvalue weighted by molar-refractivity contribution is 8.01. The summed E-state index contributed by atoms with van der Waals surface area (Å²) in [5.41, 5.74) is 12.0.